The smallest absolute Gasteiger partial charge is 0.292 e. The summed E-state index contributed by atoms with van der Waals surface area (Å²) >= 11 is 5.48. The summed E-state index contributed by atoms with van der Waals surface area (Å²) < 4.78 is 5.04. The number of halogens is 1. The maximum atomic E-state index is 5.48. The second-order valence-electron chi connectivity index (χ2n) is 1.93. The molecule has 1 aromatic heterocycles. The minimum absolute atomic E-state index is 0.154. The summed E-state index contributed by atoms with van der Waals surface area (Å²) in [7, 11) is 0. The van der Waals surface area contributed by atoms with E-state index in [0.717, 1.165) is 5.57 Å². The van der Waals surface area contributed by atoms with Gasteiger partial charge in [0.15, 0.2) is 5.76 Å². The molecular weight excluding hydrogens is 162 g/mol. The Morgan fingerprint density at radius 2 is 2.55 bits per heavy atom. The molecule has 0 fully saturated rings. The van der Waals surface area contributed by atoms with E-state index >= 15 is 0 Å². The highest BCUT2D eigenvalue weighted by molar-refractivity contribution is 6.27. The molecule has 1 rings (SSSR count). The van der Waals surface area contributed by atoms with Crippen molar-refractivity contribution in [3.05, 3.63) is 36.0 Å². The summed E-state index contributed by atoms with van der Waals surface area (Å²) in [6.07, 6.45) is 5.14. The molecular formula is C8H8ClNO. The van der Waals surface area contributed by atoms with E-state index in [1.165, 1.54) is 0 Å². The molecule has 0 unspecified atom stereocenters. The average Bonchev–Trinajstić information content (AvgIpc) is 2.39. The summed E-state index contributed by atoms with van der Waals surface area (Å²) in [5.74, 6) is 0.646. The van der Waals surface area contributed by atoms with E-state index in [2.05, 4.69) is 11.6 Å². The maximum absolute atomic E-state index is 5.48. The quantitative estimate of drug-likeness (QED) is 0.637. The summed E-state index contributed by atoms with van der Waals surface area (Å²) in [6.45, 7) is 5.51. The molecule has 0 aliphatic carbocycles. The minimum atomic E-state index is 0.154. The fraction of sp³-hybridized carbons (Fsp3) is 0.125. The maximum Gasteiger partial charge on any atom is 0.292 e. The minimum Gasteiger partial charge on any atom is -0.428 e. The van der Waals surface area contributed by atoms with Crippen LogP contribution in [0.3, 0.4) is 0 Å². The Morgan fingerprint density at radius 1 is 1.82 bits per heavy atom. The van der Waals surface area contributed by atoms with Gasteiger partial charge in [0.1, 0.15) is 0 Å². The predicted molar refractivity (Wildman–Crippen MR) is 45.4 cm³/mol. The van der Waals surface area contributed by atoms with Crippen LogP contribution in [0.1, 0.15) is 12.7 Å². The number of hydrogen-bond donors (Lipinski definition) is 0. The Bertz CT molecular complexity index is 288. The molecule has 3 heteroatoms. The molecule has 0 N–H and O–H groups in total. The first-order chi connectivity index (χ1) is 5.27. The van der Waals surface area contributed by atoms with Crippen molar-refractivity contribution in [2.75, 3.05) is 0 Å². The summed E-state index contributed by atoms with van der Waals surface area (Å²) in [5.41, 5.74) is 0.893. The van der Waals surface area contributed by atoms with Crippen LogP contribution in [0.15, 0.2) is 29.3 Å². The zero-order valence-electron chi connectivity index (χ0n) is 6.17. The highest BCUT2D eigenvalue weighted by atomic mass is 35.5. The first-order valence-electron chi connectivity index (χ1n) is 3.18. The number of nitrogens with zero attached hydrogens (tertiary/aromatic N) is 1. The molecule has 0 amide bonds. The van der Waals surface area contributed by atoms with Gasteiger partial charge in [-0.05, 0) is 18.5 Å². The SMILES string of the molecule is C=CC(=CC)c1cnc(Cl)o1. The van der Waals surface area contributed by atoms with Crippen molar-refractivity contribution in [3.8, 4) is 0 Å². The van der Waals surface area contributed by atoms with Crippen LogP contribution in [0.5, 0.6) is 0 Å². The first kappa shape index (κ1) is 8.08. The van der Waals surface area contributed by atoms with Crippen molar-refractivity contribution >= 4 is 17.2 Å². The van der Waals surface area contributed by atoms with Gasteiger partial charge < -0.3 is 4.42 Å². The molecule has 0 aliphatic rings. The van der Waals surface area contributed by atoms with Crippen LogP contribution in [-0.2, 0) is 0 Å². The zero-order chi connectivity index (χ0) is 8.27. The standard InChI is InChI=1S/C8H8ClNO/c1-3-6(4-2)7-5-10-8(9)11-7/h3-5H,1H2,2H3. The van der Waals surface area contributed by atoms with Crippen LogP contribution < -0.4 is 0 Å². The molecule has 0 aromatic carbocycles. The molecule has 1 aromatic rings. The van der Waals surface area contributed by atoms with Crippen LogP contribution >= 0.6 is 11.6 Å². The van der Waals surface area contributed by atoms with E-state index in [1.807, 2.05) is 13.0 Å². The van der Waals surface area contributed by atoms with E-state index in [0.29, 0.717) is 5.76 Å². The van der Waals surface area contributed by atoms with E-state index in [-0.39, 0.29) is 5.35 Å². The largest absolute Gasteiger partial charge is 0.428 e. The van der Waals surface area contributed by atoms with Gasteiger partial charge in [0, 0.05) is 5.57 Å². The van der Waals surface area contributed by atoms with Crippen molar-refractivity contribution in [1.29, 1.82) is 0 Å². The van der Waals surface area contributed by atoms with Crippen LogP contribution in [0.4, 0.5) is 0 Å². The Balaban J connectivity index is 3.00. The lowest BCUT2D eigenvalue weighted by Gasteiger charge is -1.91. The fourth-order valence-corrected chi connectivity index (χ4v) is 0.879. The number of allylic oxidation sites excluding steroid dienone is 3. The number of hydrogen-bond acceptors (Lipinski definition) is 2. The van der Waals surface area contributed by atoms with Crippen molar-refractivity contribution in [1.82, 2.24) is 4.98 Å². The van der Waals surface area contributed by atoms with Crippen molar-refractivity contribution < 1.29 is 4.42 Å². The summed E-state index contributed by atoms with van der Waals surface area (Å²) in [6, 6.07) is 0. The highest BCUT2D eigenvalue weighted by Gasteiger charge is 2.02. The summed E-state index contributed by atoms with van der Waals surface area (Å²) in [5, 5.41) is 0.154. The van der Waals surface area contributed by atoms with Gasteiger partial charge in [0.25, 0.3) is 5.35 Å². The lowest BCUT2D eigenvalue weighted by molar-refractivity contribution is 0.548. The Labute approximate surface area is 70.2 Å². The molecule has 11 heavy (non-hydrogen) atoms. The first-order valence-corrected chi connectivity index (χ1v) is 3.56. The van der Waals surface area contributed by atoms with Gasteiger partial charge in [0.05, 0.1) is 6.20 Å². The second-order valence-corrected chi connectivity index (χ2v) is 2.25. The van der Waals surface area contributed by atoms with Gasteiger partial charge in [-0.2, -0.15) is 0 Å². The van der Waals surface area contributed by atoms with Gasteiger partial charge in [-0.15, -0.1) is 0 Å². The Kier molecular flexibility index (Phi) is 2.49. The van der Waals surface area contributed by atoms with E-state index in [9.17, 15) is 0 Å². The van der Waals surface area contributed by atoms with Crippen LogP contribution in [0.2, 0.25) is 5.35 Å². The van der Waals surface area contributed by atoms with E-state index in [1.54, 1.807) is 12.3 Å². The Morgan fingerprint density at radius 3 is 2.91 bits per heavy atom. The van der Waals surface area contributed by atoms with Gasteiger partial charge >= 0.3 is 0 Å². The van der Waals surface area contributed by atoms with E-state index in [4.69, 9.17) is 16.0 Å². The summed E-state index contributed by atoms with van der Waals surface area (Å²) in [4.78, 5) is 3.74. The lowest BCUT2D eigenvalue weighted by atomic mass is 10.2. The van der Waals surface area contributed by atoms with Gasteiger partial charge in [-0.3, -0.25) is 0 Å². The highest BCUT2D eigenvalue weighted by Crippen LogP contribution is 2.18. The van der Waals surface area contributed by atoms with Crippen molar-refractivity contribution in [2.24, 2.45) is 0 Å². The average molecular weight is 170 g/mol. The topological polar surface area (TPSA) is 26.0 Å². The molecule has 0 radical (unpaired) electrons. The molecule has 1 heterocycles. The third-order valence-electron chi connectivity index (χ3n) is 1.29. The monoisotopic (exact) mass is 169 g/mol. The normalized spacial score (nSPS) is 11.6. The molecule has 0 saturated carbocycles. The fourth-order valence-electron chi connectivity index (χ4n) is 0.747. The molecule has 0 aliphatic heterocycles. The third-order valence-corrected chi connectivity index (χ3v) is 1.47. The lowest BCUT2D eigenvalue weighted by Crippen LogP contribution is -1.72. The van der Waals surface area contributed by atoms with Crippen LogP contribution in [-0.4, -0.2) is 4.98 Å². The van der Waals surface area contributed by atoms with Crippen LogP contribution in [0, 0.1) is 0 Å². The molecule has 0 spiro atoms. The molecule has 0 atom stereocenters. The number of oxazole rings is 1. The molecule has 58 valence electrons. The van der Waals surface area contributed by atoms with E-state index < -0.39 is 0 Å². The van der Waals surface area contributed by atoms with Crippen LogP contribution in [0.25, 0.3) is 5.57 Å². The second kappa shape index (κ2) is 3.39. The third kappa shape index (κ3) is 1.71. The Hall–Kier alpha value is -1.02. The molecule has 0 bridgehead atoms. The number of rotatable bonds is 2. The van der Waals surface area contributed by atoms with Gasteiger partial charge in [-0.1, -0.05) is 18.7 Å². The molecule has 2 nitrogen and oxygen atoms in total. The van der Waals surface area contributed by atoms with Crippen molar-refractivity contribution in [3.63, 3.8) is 0 Å². The zero-order valence-corrected chi connectivity index (χ0v) is 6.93. The molecule has 0 saturated heterocycles. The van der Waals surface area contributed by atoms with Gasteiger partial charge in [-0.25, -0.2) is 4.98 Å². The predicted octanol–water partition coefficient (Wildman–Crippen LogP) is 2.92. The number of aromatic nitrogens is 1. The van der Waals surface area contributed by atoms with Gasteiger partial charge in [0.2, 0.25) is 0 Å². The van der Waals surface area contributed by atoms with Crippen molar-refractivity contribution in [2.45, 2.75) is 6.92 Å².